The molecule has 0 saturated carbocycles. The molecule has 2 rings (SSSR count). The number of nitrogen functional groups attached to an aromatic ring is 1. The normalized spacial score (nSPS) is 9.59. The van der Waals surface area contributed by atoms with Crippen molar-refractivity contribution in [2.75, 3.05) is 11.1 Å². The van der Waals surface area contributed by atoms with Crippen LogP contribution in [-0.2, 0) is 0 Å². The molecule has 1 aromatic carbocycles. The van der Waals surface area contributed by atoms with Crippen LogP contribution in [0.25, 0.3) is 0 Å². The molecule has 0 fully saturated rings. The third-order valence-corrected chi connectivity index (χ3v) is 2.24. The maximum Gasteiger partial charge on any atom is 0.272 e. The van der Waals surface area contributed by atoms with Crippen LogP contribution in [0, 0.1) is 12.3 Å². The minimum Gasteiger partial charge on any atom is -0.397 e. The lowest BCUT2D eigenvalue weighted by Gasteiger charge is -2.03. The number of carbonyl (C=O) groups excluding carboxylic acids is 1. The predicted octanol–water partition coefficient (Wildman–Crippen LogP) is 1.83. The number of rotatable bonds is 2. The Morgan fingerprint density at radius 2 is 2.24 bits per heavy atom. The van der Waals surface area contributed by atoms with E-state index < -0.39 is 0 Å². The largest absolute Gasteiger partial charge is 0.397 e. The van der Waals surface area contributed by atoms with Crippen molar-refractivity contribution in [3.05, 3.63) is 47.8 Å². The number of aromatic amines is 1. The van der Waals surface area contributed by atoms with E-state index >= 15 is 0 Å². The third-order valence-electron chi connectivity index (χ3n) is 2.24. The lowest BCUT2D eigenvalue weighted by atomic mass is 10.2. The topological polar surface area (TPSA) is 70.9 Å². The first-order valence-corrected chi connectivity index (χ1v) is 5.01. The zero-order valence-corrected chi connectivity index (χ0v) is 9.03. The van der Waals surface area contributed by atoms with Crippen LogP contribution >= 0.6 is 0 Å². The van der Waals surface area contributed by atoms with Crippen LogP contribution in [0.1, 0.15) is 16.1 Å². The first-order chi connectivity index (χ1) is 8.19. The fraction of sp³-hybridized carbons (Fsp3) is 0. The molecule has 0 unspecified atom stereocenters. The Morgan fingerprint density at radius 3 is 2.88 bits per heavy atom. The highest BCUT2D eigenvalue weighted by Crippen LogP contribution is 2.12. The van der Waals surface area contributed by atoms with Crippen LogP contribution < -0.4 is 11.1 Å². The maximum atomic E-state index is 11.8. The van der Waals surface area contributed by atoms with Crippen LogP contribution in [0.5, 0.6) is 0 Å². The van der Waals surface area contributed by atoms with Gasteiger partial charge in [0.25, 0.3) is 5.91 Å². The highest BCUT2D eigenvalue weighted by molar-refractivity contribution is 6.03. The Bertz CT molecular complexity index is 593. The number of benzene rings is 1. The zero-order valence-electron chi connectivity index (χ0n) is 9.03. The quantitative estimate of drug-likeness (QED) is 0.682. The summed E-state index contributed by atoms with van der Waals surface area (Å²) in [5, 5.41) is 2.72. The van der Waals surface area contributed by atoms with Crippen molar-refractivity contribution in [2.45, 2.75) is 0 Å². The molecule has 4 nitrogen and oxygen atoms in total. The van der Waals surface area contributed by atoms with Crippen LogP contribution in [0.4, 0.5) is 11.4 Å². The van der Waals surface area contributed by atoms with Crippen LogP contribution in [0.15, 0.2) is 36.5 Å². The van der Waals surface area contributed by atoms with Gasteiger partial charge in [0.05, 0.1) is 0 Å². The number of aromatic nitrogens is 1. The van der Waals surface area contributed by atoms with Gasteiger partial charge in [-0.3, -0.25) is 4.79 Å². The van der Waals surface area contributed by atoms with E-state index in [1.807, 2.05) is 0 Å². The van der Waals surface area contributed by atoms with Gasteiger partial charge in [-0.15, -0.1) is 6.42 Å². The van der Waals surface area contributed by atoms with Crippen molar-refractivity contribution in [2.24, 2.45) is 0 Å². The van der Waals surface area contributed by atoms with E-state index in [0.29, 0.717) is 22.6 Å². The highest BCUT2D eigenvalue weighted by atomic mass is 16.1. The van der Waals surface area contributed by atoms with Gasteiger partial charge in [0.1, 0.15) is 5.69 Å². The molecule has 0 aliphatic rings. The first kappa shape index (κ1) is 10.8. The average molecular weight is 225 g/mol. The Balaban J connectivity index is 2.16. The molecule has 0 aliphatic carbocycles. The minimum absolute atomic E-state index is 0.254. The second-order valence-corrected chi connectivity index (χ2v) is 3.53. The minimum atomic E-state index is -0.254. The molecule has 2 aromatic rings. The number of nitrogens with two attached hydrogens (primary N) is 1. The molecule has 4 N–H and O–H groups in total. The second kappa shape index (κ2) is 4.45. The molecular weight excluding hydrogens is 214 g/mol. The standard InChI is InChI=1S/C13H11N3O/c1-2-9-4-3-5-11(6-9)16-13(17)12-7-10(14)8-15-12/h1,3-8,15H,14H2,(H,16,17). The summed E-state index contributed by atoms with van der Waals surface area (Å²) in [6, 6.07) is 8.64. The molecule has 84 valence electrons. The molecule has 0 bridgehead atoms. The molecule has 1 heterocycles. The third kappa shape index (κ3) is 2.47. The summed E-state index contributed by atoms with van der Waals surface area (Å²) < 4.78 is 0. The summed E-state index contributed by atoms with van der Waals surface area (Å²) in [6.07, 6.45) is 6.84. The summed E-state index contributed by atoms with van der Waals surface area (Å²) >= 11 is 0. The smallest absolute Gasteiger partial charge is 0.272 e. The molecule has 17 heavy (non-hydrogen) atoms. The highest BCUT2D eigenvalue weighted by Gasteiger charge is 2.07. The fourth-order valence-electron chi connectivity index (χ4n) is 1.43. The molecule has 0 aliphatic heterocycles. The van der Waals surface area contributed by atoms with Gasteiger partial charge in [-0.05, 0) is 24.3 Å². The van der Waals surface area contributed by atoms with Gasteiger partial charge in [0.2, 0.25) is 0 Å². The molecule has 1 aromatic heterocycles. The van der Waals surface area contributed by atoms with Gasteiger partial charge in [0, 0.05) is 23.1 Å². The van der Waals surface area contributed by atoms with E-state index in [2.05, 4.69) is 16.2 Å². The van der Waals surface area contributed by atoms with Crippen molar-refractivity contribution in [1.82, 2.24) is 4.98 Å². The van der Waals surface area contributed by atoms with Gasteiger partial charge in [-0.25, -0.2) is 0 Å². The van der Waals surface area contributed by atoms with Gasteiger partial charge in [0.15, 0.2) is 0 Å². The summed E-state index contributed by atoms with van der Waals surface area (Å²) in [5.41, 5.74) is 7.82. The van der Waals surface area contributed by atoms with Gasteiger partial charge in [-0.2, -0.15) is 0 Å². The van der Waals surface area contributed by atoms with E-state index in [0.717, 1.165) is 0 Å². The Kier molecular flexibility index (Phi) is 2.84. The van der Waals surface area contributed by atoms with Crippen molar-refractivity contribution in [3.8, 4) is 12.3 Å². The fourth-order valence-corrected chi connectivity index (χ4v) is 1.43. The van der Waals surface area contributed by atoms with E-state index in [-0.39, 0.29) is 5.91 Å². The number of hydrogen-bond acceptors (Lipinski definition) is 2. The number of amides is 1. The van der Waals surface area contributed by atoms with Crippen molar-refractivity contribution in [1.29, 1.82) is 0 Å². The molecule has 0 saturated heterocycles. The number of H-pyrrole nitrogens is 1. The van der Waals surface area contributed by atoms with E-state index in [9.17, 15) is 4.79 Å². The number of anilines is 2. The molecular formula is C13H11N3O. The van der Waals surface area contributed by atoms with E-state index in [1.54, 1.807) is 36.5 Å². The number of nitrogens with one attached hydrogen (secondary N) is 2. The lowest BCUT2D eigenvalue weighted by Crippen LogP contribution is -2.12. The summed E-state index contributed by atoms with van der Waals surface area (Å²) in [7, 11) is 0. The molecule has 0 atom stereocenters. The Hall–Kier alpha value is -2.67. The van der Waals surface area contributed by atoms with Crippen LogP contribution in [0.2, 0.25) is 0 Å². The number of terminal acetylenes is 1. The van der Waals surface area contributed by atoms with Gasteiger partial charge < -0.3 is 16.0 Å². The summed E-state index contributed by atoms with van der Waals surface area (Å²) in [4.78, 5) is 14.6. The average Bonchev–Trinajstić information content (AvgIpc) is 2.76. The summed E-state index contributed by atoms with van der Waals surface area (Å²) in [5.74, 6) is 2.25. The van der Waals surface area contributed by atoms with E-state index in [1.165, 1.54) is 0 Å². The monoisotopic (exact) mass is 225 g/mol. The van der Waals surface area contributed by atoms with Crippen molar-refractivity contribution < 1.29 is 4.79 Å². The number of carbonyl (C=O) groups is 1. The lowest BCUT2D eigenvalue weighted by molar-refractivity contribution is 0.102. The van der Waals surface area contributed by atoms with E-state index in [4.69, 9.17) is 12.2 Å². The molecule has 4 heteroatoms. The first-order valence-electron chi connectivity index (χ1n) is 5.01. The van der Waals surface area contributed by atoms with Crippen molar-refractivity contribution in [3.63, 3.8) is 0 Å². The molecule has 0 radical (unpaired) electrons. The second-order valence-electron chi connectivity index (χ2n) is 3.53. The Labute approximate surface area is 98.8 Å². The Morgan fingerprint density at radius 1 is 1.41 bits per heavy atom. The van der Waals surface area contributed by atoms with Crippen molar-refractivity contribution >= 4 is 17.3 Å². The maximum absolute atomic E-state index is 11.8. The number of hydrogen-bond donors (Lipinski definition) is 3. The summed E-state index contributed by atoms with van der Waals surface area (Å²) in [6.45, 7) is 0. The van der Waals surface area contributed by atoms with Crippen LogP contribution in [-0.4, -0.2) is 10.9 Å². The SMILES string of the molecule is C#Cc1cccc(NC(=O)c2cc(N)c[nH]2)c1. The van der Waals surface area contributed by atoms with Crippen LogP contribution in [0.3, 0.4) is 0 Å². The molecule has 0 spiro atoms. The predicted molar refractivity (Wildman–Crippen MR) is 67.5 cm³/mol. The zero-order chi connectivity index (χ0) is 12.3. The van der Waals surface area contributed by atoms with Gasteiger partial charge in [-0.1, -0.05) is 12.0 Å². The van der Waals surface area contributed by atoms with Gasteiger partial charge >= 0.3 is 0 Å². The molecule has 1 amide bonds.